The molecular formula is C12H17NO. The van der Waals surface area contributed by atoms with Crippen LogP contribution in [0.1, 0.15) is 25.8 Å². The average molecular weight is 191 g/mol. The van der Waals surface area contributed by atoms with E-state index in [4.69, 9.17) is 10.5 Å². The van der Waals surface area contributed by atoms with E-state index in [1.807, 2.05) is 26.0 Å². The van der Waals surface area contributed by atoms with Gasteiger partial charge in [-0.25, -0.2) is 0 Å². The molecule has 0 spiro atoms. The zero-order chi connectivity index (χ0) is 10.2. The lowest BCUT2D eigenvalue weighted by molar-refractivity contribution is 0.106. The van der Waals surface area contributed by atoms with E-state index in [9.17, 15) is 0 Å². The minimum absolute atomic E-state index is 0.136. The quantitative estimate of drug-likeness (QED) is 0.738. The summed E-state index contributed by atoms with van der Waals surface area (Å²) < 4.78 is 5.87. The first-order valence-electron chi connectivity index (χ1n) is 5.11. The van der Waals surface area contributed by atoms with Gasteiger partial charge in [-0.15, -0.1) is 0 Å². The van der Waals surface area contributed by atoms with E-state index in [1.165, 1.54) is 5.56 Å². The van der Waals surface area contributed by atoms with Gasteiger partial charge in [0.15, 0.2) is 0 Å². The molecule has 0 saturated carbocycles. The third kappa shape index (κ3) is 1.75. The van der Waals surface area contributed by atoms with E-state index in [1.54, 1.807) is 0 Å². The van der Waals surface area contributed by atoms with Crippen molar-refractivity contribution in [3.8, 4) is 5.75 Å². The van der Waals surface area contributed by atoms with Gasteiger partial charge in [-0.2, -0.15) is 0 Å². The van der Waals surface area contributed by atoms with Crippen LogP contribution in [0.4, 0.5) is 0 Å². The van der Waals surface area contributed by atoms with Crippen LogP contribution in [0.3, 0.4) is 0 Å². The van der Waals surface area contributed by atoms with Crippen molar-refractivity contribution in [3.05, 3.63) is 29.8 Å². The van der Waals surface area contributed by atoms with Crippen LogP contribution >= 0.6 is 0 Å². The van der Waals surface area contributed by atoms with Crippen LogP contribution in [0.5, 0.6) is 5.75 Å². The summed E-state index contributed by atoms with van der Waals surface area (Å²) in [6.07, 6.45) is 2.22. The highest BCUT2D eigenvalue weighted by Crippen LogP contribution is 2.30. The lowest BCUT2D eigenvalue weighted by Crippen LogP contribution is -2.49. The second-order valence-electron chi connectivity index (χ2n) is 4.57. The van der Waals surface area contributed by atoms with E-state index in [-0.39, 0.29) is 11.6 Å². The van der Waals surface area contributed by atoms with Crippen molar-refractivity contribution < 1.29 is 4.74 Å². The molecule has 1 unspecified atom stereocenters. The Kier molecular flexibility index (Phi) is 2.23. The molecule has 0 saturated heterocycles. The highest BCUT2D eigenvalue weighted by molar-refractivity contribution is 5.35. The number of benzene rings is 1. The van der Waals surface area contributed by atoms with Crippen LogP contribution in [0.25, 0.3) is 0 Å². The SMILES string of the molecule is CC(C)(N)C1CCc2ccccc2O1. The Morgan fingerprint density at radius 1 is 1.36 bits per heavy atom. The molecule has 1 aromatic rings. The first-order valence-corrected chi connectivity index (χ1v) is 5.11. The Morgan fingerprint density at radius 3 is 2.79 bits per heavy atom. The second-order valence-corrected chi connectivity index (χ2v) is 4.57. The molecule has 76 valence electrons. The lowest BCUT2D eigenvalue weighted by atomic mass is 9.90. The summed E-state index contributed by atoms with van der Waals surface area (Å²) in [5.74, 6) is 1.00. The number of para-hydroxylation sites is 1. The number of rotatable bonds is 1. The summed E-state index contributed by atoms with van der Waals surface area (Å²) in [5.41, 5.74) is 7.08. The Hall–Kier alpha value is -1.02. The number of aryl methyl sites for hydroxylation is 1. The second kappa shape index (κ2) is 3.28. The molecule has 0 radical (unpaired) electrons. The van der Waals surface area contributed by atoms with Gasteiger partial charge in [0.2, 0.25) is 0 Å². The Balaban J connectivity index is 2.22. The third-order valence-corrected chi connectivity index (χ3v) is 2.75. The Labute approximate surface area is 85.1 Å². The van der Waals surface area contributed by atoms with Gasteiger partial charge in [-0.3, -0.25) is 0 Å². The zero-order valence-electron chi connectivity index (χ0n) is 8.79. The Bertz CT molecular complexity index is 327. The van der Waals surface area contributed by atoms with Gasteiger partial charge in [-0.05, 0) is 38.3 Å². The molecule has 0 fully saturated rings. The Morgan fingerprint density at radius 2 is 2.07 bits per heavy atom. The molecule has 1 aliphatic heterocycles. The van der Waals surface area contributed by atoms with Crippen molar-refractivity contribution in [3.63, 3.8) is 0 Å². The molecule has 1 aliphatic rings. The number of hydrogen-bond donors (Lipinski definition) is 1. The van der Waals surface area contributed by atoms with E-state index in [0.717, 1.165) is 18.6 Å². The number of ether oxygens (including phenoxy) is 1. The molecule has 0 amide bonds. The summed E-state index contributed by atoms with van der Waals surface area (Å²) in [4.78, 5) is 0. The summed E-state index contributed by atoms with van der Waals surface area (Å²) >= 11 is 0. The molecule has 1 heterocycles. The van der Waals surface area contributed by atoms with Crippen LogP contribution in [-0.4, -0.2) is 11.6 Å². The van der Waals surface area contributed by atoms with Gasteiger partial charge >= 0.3 is 0 Å². The molecule has 2 heteroatoms. The summed E-state index contributed by atoms with van der Waals surface area (Å²) in [6.45, 7) is 4.04. The summed E-state index contributed by atoms with van der Waals surface area (Å²) in [7, 11) is 0. The van der Waals surface area contributed by atoms with E-state index in [2.05, 4.69) is 12.1 Å². The minimum atomic E-state index is -0.256. The van der Waals surface area contributed by atoms with E-state index in [0.29, 0.717) is 0 Å². The fourth-order valence-corrected chi connectivity index (χ4v) is 1.85. The van der Waals surface area contributed by atoms with Gasteiger partial charge < -0.3 is 10.5 Å². The van der Waals surface area contributed by atoms with Crippen molar-refractivity contribution >= 4 is 0 Å². The highest BCUT2D eigenvalue weighted by Gasteiger charge is 2.30. The summed E-state index contributed by atoms with van der Waals surface area (Å²) in [5, 5.41) is 0. The van der Waals surface area contributed by atoms with Crippen LogP contribution in [0, 0.1) is 0 Å². The van der Waals surface area contributed by atoms with E-state index < -0.39 is 0 Å². The van der Waals surface area contributed by atoms with Gasteiger partial charge in [0, 0.05) is 5.54 Å². The van der Waals surface area contributed by atoms with Crippen molar-refractivity contribution in [1.29, 1.82) is 0 Å². The molecule has 0 bridgehead atoms. The number of fused-ring (bicyclic) bond motifs is 1. The smallest absolute Gasteiger partial charge is 0.123 e. The van der Waals surface area contributed by atoms with Crippen LogP contribution < -0.4 is 10.5 Å². The van der Waals surface area contributed by atoms with Crippen molar-refractivity contribution in [2.45, 2.75) is 38.3 Å². The van der Waals surface area contributed by atoms with Gasteiger partial charge in [0.25, 0.3) is 0 Å². The zero-order valence-corrected chi connectivity index (χ0v) is 8.79. The van der Waals surface area contributed by atoms with Crippen LogP contribution in [-0.2, 0) is 6.42 Å². The van der Waals surface area contributed by atoms with Crippen molar-refractivity contribution in [2.75, 3.05) is 0 Å². The maximum Gasteiger partial charge on any atom is 0.123 e. The van der Waals surface area contributed by atoms with Crippen molar-refractivity contribution in [2.24, 2.45) is 5.73 Å². The third-order valence-electron chi connectivity index (χ3n) is 2.75. The maximum atomic E-state index is 6.04. The first-order chi connectivity index (χ1) is 6.57. The molecular weight excluding hydrogens is 174 g/mol. The predicted molar refractivity (Wildman–Crippen MR) is 57.4 cm³/mol. The lowest BCUT2D eigenvalue weighted by Gasteiger charge is -2.35. The fourth-order valence-electron chi connectivity index (χ4n) is 1.85. The molecule has 2 nitrogen and oxygen atoms in total. The normalized spacial score (nSPS) is 21.2. The standard InChI is InChI=1S/C12H17NO/c1-12(2,13)11-8-7-9-5-3-4-6-10(9)14-11/h3-6,11H,7-8,13H2,1-2H3. The highest BCUT2D eigenvalue weighted by atomic mass is 16.5. The maximum absolute atomic E-state index is 6.04. The van der Waals surface area contributed by atoms with Crippen LogP contribution in [0.15, 0.2) is 24.3 Å². The largest absolute Gasteiger partial charge is 0.488 e. The van der Waals surface area contributed by atoms with Crippen LogP contribution in [0.2, 0.25) is 0 Å². The minimum Gasteiger partial charge on any atom is -0.488 e. The molecule has 1 aromatic carbocycles. The topological polar surface area (TPSA) is 35.2 Å². The van der Waals surface area contributed by atoms with Crippen molar-refractivity contribution in [1.82, 2.24) is 0 Å². The average Bonchev–Trinajstić information content (AvgIpc) is 2.16. The molecule has 2 rings (SSSR count). The monoisotopic (exact) mass is 191 g/mol. The molecule has 1 atom stereocenters. The van der Waals surface area contributed by atoms with Gasteiger partial charge in [0.1, 0.15) is 11.9 Å². The predicted octanol–water partition coefficient (Wildman–Crippen LogP) is 2.12. The summed E-state index contributed by atoms with van der Waals surface area (Å²) in [6, 6.07) is 8.20. The molecule has 14 heavy (non-hydrogen) atoms. The molecule has 0 aromatic heterocycles. The number of nitrogens with two attached hydrogens (primary N) is 1. The fraction of sp³-hybridized carbons (Fsp3) is 0.500. The van der Waals surface area contributed by atoms with Gasteiger partial charge in [0.05, 0.1) is 0 Å². The first kappa shape index (κ1) is 9.53. The van der Waals surface area contributed by atoms with Gasteiger partial charge in [-0.1, -0.05) is 18.2 Å². The molecule has 2 N–H and O–H groups in total. The van der Waals surface area contributed by atoms with E-state index >= 15 is 0 Å². The number of hydrogen-bond acceptors (Lipinski definition) is 2. The molecule has 0 aliphatic carbocycles.